The van der Waals surface area contributed by atoms with Crippen molar-refractivity contribution in [2.24, 2.45) is 24.8 Å². The highest BCUT2D eigenvalue weighted by Gasteiger charge is 2.62. The first-order chi connectivity index (χ1) is 14.6. The van der Waals surface area contributed by atoms with Crippen molar-refractivity contribution in [3.8, 4) is 17.1 Å². The van der Waals surface area contributed by atoms with Gasteiger partial charge in [0.1, 0.15) is 17.5 Å². The van der Waals surface area contributed by atoms with Gasteiger partial charge >= 0.3 is 5.97 Å². The van der Waals surface area contributed by atoms with E-state index in [1.807, 2.05) is 19.2 Å². The summed E-state index contributed by atoms with van der Waals surface area (Å²) in [6.07, 6.45) is 6.36. The molecule has 9 heteroatoms. The molecule has 5 rings (SSSR count). The van der Waals surface area contributed by atoms with E-state index in [4.69, 9.17) is 14.2 Å². The van der Waals surface area contributed by atoms with Gasteiger partial charge in [0.15, 0.2) is 6.29 Å². The molecule has 30 heavy (non-hydrogen) atoms. The molecule has 0 bridgehead atoms. The van der Waals surface area contributed by atoms with Gasteiger partial charge in [-0.1, -0.05) is 5.21 Å². The number of pyridine rings is 1. The molecule has 0 spiro atoms. The van der Waals surface area contributed by atoms with Crippen LogP contribution >= 0.6 is 0 Å². The molecule has 3 fully saturated rings. The Kier molecular flexibility index (Phi) is 5.16. The van der Waals surface area contributed by atoms with Crippen LogP contribution in [-0.2, 0) is 27.9 Å². The minimum Gasteiger partial charge on any atom is -0.488 e. The van der Waals surface area contributed by atoms with Crippen LogP contribution in [0.15, 0.2) is 18.3 Å². The molecule has 2 aromatic heterocycles. The number of aromatic nitrogens is 4. The lowest BCUT2D eigenvalue weighted by molar-refractivity contribution is -0.169. The van der Waals surface area contributed by atoms with Crippen LogP contribution in [0.3, 0.4) is 0 Å². The lowest BCUT2D eigenvalue weighted by atomic mass is 10.1. The molecule has 1 saturated heterocycles. The third kappa shape index (κ3) is 3.67. The fourth-order valence-corrected chi connectivity index (χ4v) is 4.83. The quantitative estimate of drug-likeness (QED) is 0.736. The molecule has 1 aliphatic heterocycles. The first-order valence-corrected chi connectivity index (χ1v) is 10.6. The summed E-state index contributed by atoms with van der Waals surface area (Å²) in [5, 5.41) is 17.6. The standard InChI is InChI=1S/C21H26N4O5/c1-25-15(11-29-17-4-2-3-9-28-17)20(23-24-25)14-7-5-12(10-22-14)30-16-8-6-13-18(16)19(13)21(26)27/h5,7,10,13,16-19H,2-4,6,8-9,11H2,1H3,(H,26,27)/t13-,16-,17?,18-,19-/m1/s1. The molecule has 1 N–H and O–H groups in total. The van der Waals surface area contributed by atoms with Crippen LogP contribution in [0.5, 0.6) is 5.75 Å². The van der Waals surface area contributed by atoms with E-state index in [0.29, 0.717) is 23.7 Å². The molecular formula is C21H26N4O5. The van der Waals surface area contributed by atoms with E-state index >= 15 is 0 Å². The van der Waals surface area contributed by atoms with Crippen LogP contribution in [0.2, 0.25) is 0 Å². The zero-order chi connectivity index (χ0) is 20.7. The molecule has 9 nitrogen and oxygen atoms in total. The maximum atomic E-state index is 11.3. The van der Waals surface area contributed by atoms with Crippen molar-refractivity contribution in [1.82, 2.24) is 20.0 Å². The fourth-order valence-electron chi connectivity index (χ4n) is 4.83. The Hall–Kier alpha value is -2.52. The Balaban J connectivity index is 1.24. The largest absolute Gasteiger partial charge is 0.488 e. The summed E-state index contributed by atoms with van der Waals surface area (Å²) in [4.78, 5) is 15.8. The van der Waals surface area contributed by atoms with Gasteiger partial charge in [0.05, 0.1) is 30.1 Å². The highest BCUT2D eigenvalue weighted by molar-refractivity contribution is 5.74. The third-order valence-electron chi connectivity index (χ3n) is 6.48. The first kappa shape index (κ1) is 19.4. The Labute approximate surface area is 174 Å². The van der Waals surface area contributed by atoms with Gasteiger partial charge in [-0.25, -0.2) is 4.68 Å². The van der Waals surface area contributed by atoms with Crippen molar-refractivity contribution in [2.75, 3.05) is 6.61 Å². The van der Waals surface area contributed by atoms with Crippen LogP contribution < -0.4 is 4.74 Å². The molecule has 2 aliphatic carbocycles. The number of carbonyl (C=O) groups is 1. The van der Waals surface area contributed by atoms with E-state index in [1.54, 1.807) is 10.9 Å². The van der Waals surface area contributed by atoms with Crippen LogP contribution in [0, 0.1) is 17.8 Å². The average Bonchev–Trinajstić information content (AvgIpc) is 3.18. The minimum absolute atomic E-state index is 0.0419. The molecule has 0 radical (unpaired) electrons. The summed E-state index contributed by atoms with van der Waals surface area (Å²) >= 11 is 0. The monoisotopic (exact) mass is 414 g/mol. The maximum absolute atomic E-state index is 11.3. The van der Waals surface area contributed by atoms with Crippen molar-refractivity contribution in [3.05, 3.63) is 24.0 Å². The summed E-state index contributed by atoms with van der Waals surface area (Å²) in [5.74, 6) is 0.106. The summed E-state index contributed by atoms with van der Waals surface area (Å²) in [5.41, 5.74) is 2.21. The smallest absolute Gasteiger partial charge is 0.307 e. The number of hydrogen-bond acceptors (Lipinski definition) is 7. The van der Waals surface area contributed by atoms with Gasteiger partial charge < -0.3 is 19.3 Å². The molecule has 0 aromatic carbocycles. The van der Waals surface area contributed by atoms with E-state index in [0.717, 1.165) is 44.4 Å². The first-order valence-electron chi connectivity index (χ1n) is 10.6. The van der Waals surface area contributed by atoms with Gasteiger partial charge in [-0.05, 0) is 50.2 Å². The number of carboxylic acids is 1. The highest BCUT2D eigenvalue weighted by atomic mass is 16.7. The molecule has 0 amide bonds. The molecule has 1 unspecified atom stereocenters. The van der Waals surface area contributed by atoms with Gasteiger partial charge in [-0.3, -0.25) is 9.78 Å². The zero-order valence-electron chi connectivity index (χ0n) is 16.9. The lowest BCUT2D eigenvalue weighted by Gasteiger charge is -2.22. The summed E-state index contributed by atoms with van der Waals surface area (Å²) in [6.45, 7) is 1.09. The number of aryl methyl sites for hydroxylation is 1. The Morgan fingerprint density at radius 1 is 1.30 bits per heavy atom. The zero-order valence-corrected chi connectivity index (χ0v) is 16.9. The lowest BCUT2D eigenvalue weighted by Crippen LogP contribution is -2.22. The van der Waals surface area contributed by atoms with Gasteiger partial charge in [0, 0.05) is 19.6 Å². The van der Waals surface area contributed by atoms with Crippen molar-refractivity contribution in [2.45, 2.75) is 51.1 Å². The molecule has 5 atom stereocenters. The number of aliphatic carboxylic acids is 1. The van der Waals surface area contributed by atoms with Gasteiger partial charge in [-0.2, -0.15) is 0 Å². The average molecular weight is 414 g/mol. The fraction of sp³-hybridized carbons (Fsp3) is 0.619. The van der Waals surface area contributed by atoms with Crippen LogP contribution in [0.4, 0.5) is 0 Å². The van der Waals surface area contributed by atoms with Crippen LogP contribution in [-0.4, -0.2) is 50.1 Å². The minimum atomic E-state index is -0.706. The number of rotatable bonds is 7. The highest BCUT2D eigenvalue weighted by Crippen LogP contribution is 2.58. The second-order valence-corrected chi connectivity index (χ2v) is 8.33. The van der Waals surface area contributed by atoms with E-state index in [2.05, 4.69) is 15.3 Å². The number of hydrogen-bond donors (Lipinski definition) is 1. The van der Waals surface area contributed by atoms with Crippen molar-refractivity contribution >= 4 is 5.97 Å². The molecule has 160 valence electrons. The summed E-state index contributed by atoms with van der Waals surface area (Å²) in [7, 11) is 1.83. The molecule has 3 aliphatic rings. The number of carboxylic acid groups (broad SMARTS) is 1. The van der Waals surface area contributed by atoms with Crippen molar-refractivity contribution < 1.29 is 24.1 Å². The second-order valence-electron chi connectivity index (χ2n) is 8.33. The third-order valence-corrected chi connectivity index (χ3v) is 6.48. The predicted octanol–water partition coefficient (Wildman–Crippen LogP) is 2.41. The van der Waals surface area contributed by atoms with E-state index in [9.17, 15) is 9.90 Å². The Bertz CT molecular complexity index is 909. The molecule has 3 heterocycles. The van der Waals surface area contributed by atoms with Crippen LogP contribution in [0.1, 0.15) is 37.8 Å². The topological polar surface area (TPSA) is 109 Å². The SMILES string of the molecule is Cn1nnc(-c2ccc(O[C@@H]3CC[C@H]4[C@@H](C(=O)O)[C@H]43)cn2)c1COC1CCCCO1. The van der Waals surface area contributed by atoms with E-state index in [-0.39, 0.29) is 30.1 Å². The second kappa shape index (κ2) is 7.96. The number of fused-ring (bicyclic) bond motifs is 1. The van der Waals surface area contributed by atoms with Gasteiger partial charge in [-0.15, -0.1) is 5.10 Å². The summed E-state index contributed by atoms with van der Waals surface area (Å²) < 4.78 is 19.3. The van der Waals surface area contributed by atoms with Gasteiger partial charge in [0.25, 0.3) is 0 Å². The van der Waals surface area contributed by atoms with Crippen molar-refractivity contribution in [3.63, 3.8) is 0 Å². The maximum Gasteiger partial charge on any atom is 0.307 e. The Morgan fingerprint density at radius 2 is 2.20 bits per heavy atom. The van der Waals surface area contributed by atoms with Crippen molar-refractivity contribution in [1.29, 1.82) is 0 Å². The number of ether oxygens (including phenoxy) is 3. The summed E-state index contributed by atoms with van der Waals surface area (Å²) in [6, 6.07) is 3.71. The molecule has 2 aromatic rings. The molecular weight excluding hydrogens is 388 g/mol. The molecule has 2 saturated carbocycles. The predicted molar refractivity (Wildman–Crippen MR) is 104 cm³/mol. The van der Waals surface area contributed by atoms with Gasteiger partial charge in [0.2, 0.25) is 0 Å². The number of nitrogens with zero attached hydrogens (tertiary/aromatic N) is 4. The normalized spacial score (nSPS) is 30.1. The van der Waals surface area contributed by atoms with E-state index in [1.165, 1.54) is 0 Å². The Morgan fingerprint density at radius 3 is 2.90 bits per heavy atom. The van der Waals surface area contributed by atoms with E-state index < -0.39 is 5.97 Å². The van der Waals surface area contributed by atoms with Crippen LogP contribution in [0.25, 0.3) is 11.4 Å².